The van der Waals surface area contributed by atoms with Crippen molar-refractivity contribution < 1.29 is 19.1 Å². The normalized spacial score (nSPS) is 14.6. The van der Waals surface area contributed by atoms with Gasteiger partial charge in [0.15, 0.2) is 0 Å². The summed E-state index contributed by atoms with van der Waals surface area (Å²) in [5, 5.41) is 1.35. The van der Waals surface area contributed by atoms with Crippen molar-refractivity contribution in [1.29, 1.82) is 0 Å². The van der Waals surface area contributed by atoms with Crippen molar-refractivity contribution in [2.24, 2.45) is 5.92 Å². The SMILES string of the molecule is CCOC(=O)C1CCN(C(=O)CN(C)C(=O)c2cc3cc(Cl)ccc3nc2C)CC1. The largest absolute Gasteiger partial charge is 0.466 e. The summed E-state index contributed by atoms with van der Waals surface area (Å²) in [6.07, 6.45) is 1.16. The van der Waals surface area contributed by atoms with Gasteiger partial charge in [0.25, 0.3) is 5.91 Å². The number of aryl methyl sites for hydroxylation is 1. The molecule has 1 aromatic carbocycles. The van der Waals surface area contributed by atoms with Crippen LogP contribution in [0.3, 0.4) is 0 Å². The van der Waals surface area contributed by atoms with E-state index in [1.807, 2.05) is 6.07 Å². The Morgan fingerprint density at radius 3 is 2.60 bits per heavy atom. The Kier molecular flexibility index (Phi) is 6.92. The number of carbonyl (C=O) groups is 3. The monoisotopic (exact) mass is 431 g/mol. The van der Waals surface area contributed by atoms with Gasteiger partial charge in [-0.2, -0.15) is 0 Å². The van der Waals surface area contributed by atoms with Crippen LogP contribution in [-0.4, -0.2) is 65.9 Å². The molecule has 8 heteroatoms. The lowest BCUT2D eigenvalue weighted by molar-refractivity contribution is -0.151. The number of halogens is 1. The van der Waals surface area contributed by atoms with Crippen LogP contribution in [0, 0.1) is 12.8 Å². The lowest BCUT2D eigenvalue weighted by atomic mass is 9.97. The van der Waals surface area contributed by atoms with Crippen LogP contribution in [0.4, 0.5) is 0 Å². The fourth-order valence-electron chi connectivity index (χ4n) is 3.67. The van der Waals surface area contributed by atoms with Gasteiger partial charge in [0.1, 0.15) is 0 Å². The van der Waals surface area contributed by atoms with Crippen LogP contribution in [-0.2, 0) is 14.3 Å². The number of fused-ring (bicyclic) bond motifs is 1. The van der Waals surface area contributed by atoms with Crippen LogP contribution >= 0.6 is 11.6 Å². The van der Waals surface area contributed by atoms with Crippen molar-refractivity contribution in [3.8, 4) is 0 Å². The number of ether oxygens (including phenoxy) is 1. The maximum atomic E-state index is 12.9. The number of likely N-dealkylation sites (N-methyl/N-ethyl adjacent to an activating group) is 1. The Morgan fingerprint density at radius 2 is 1.93 bits per heavy atom. The molecule has 1 aliphatic heterocycles. The van der Waals surface area contributed by atoms with Crippen LogP contribution in [0.2, 0.25) is 5.02 Å². The minimum atomic E-state index is -0.267. The maximum absolute atomic E-state index is 12.9. The van der Waals surface area contributed by atoms with Crippen LogP contribution in [0.15, 0.2) is 24.3 Å². The van der Waals surface area contributed by atoms with Crippen LogP contribution in [0.1, 0.15) is 35.8 Å². The van der Waals surface area contributed by atoms with E-state index >= 15 is 0 Å². The summed E-state index contributed by atoms with van der Waals surface area (Å²) in [7, 11) is 1.60. The number of hydrogen-bond acceptors (Lipinski definition) is 5. The molecule has 30 heavy (non-hydrogen) atoms. The number of pyridine rings is 1. The van der Waals surface area contributed by atoms with Gasteiger partial charge in [0, 0.05) is 30.5 Å². The highest BCUT2D eigenvalue weighted by atomic mass is 35.5. The van der Waals surface area contributed by atoms with Gasteiger partial charge < -0.3 is 14.5 Å². The molecule has 1 saturated heterocycles. The zero-order chi connectivity index (χ0) is 21.8. The number of esters is 1. The van der Waals surface area contributed by atoms with Crippen molar-refractivity contribution in [3.05, 3.63) is 40.5 Å². The molecule has 1 aromatic heterocycles. The predicted molar refractivity (Wildman–Crippen MR) is 114 cm³/mol. The first kappa shape index (κ1) is 22.0. The molecule has 3 rings (SSSR count). The van der Waals surface area contributed by atoms with Crippen molar-refractivity contribution in [2.75, 3.05) is 33.3 Å². The minimum Gasteiger partial charge on any atom is -0.466 e. The Bertz CT molecular complexity index is 970. The lowest BCUT2D eigenvalue weighted by Gasteiger charge is -2.32. The van der Waals surface area contributed by atoms with Gasteiger partial charge in [-0.3, -0.25) is 19.4 Å². The average Bonchev–Trinajstić information content (AvgIpc) is 2.73. The summed E-state index contributed by atoms with van der Waals surface area (Å²) in [5.41, 5.74) is 1.81. The Hall–Kier alpha value is -2.67. The first-order chi connectivity index (χ1) is 14.3. The van der Waals surface area contributed by atoms with E-state index in [2.05, 4.69) is 4.98 Å². The molecule has 160 valence electrons. The molecule has 0 radical (unpaired) electrons. The molecular weight excluding hydrogens is 406 g/mol. The quantitative estimate of drug-likeness (QED) is 0.680. The first-order valence-corrected chi connectivity index (χ1v) is 10.4. The number of likely N-dealkylation sites (tertiary alicyclic amines) is 1. The van der Waals surface area contributed by atoms with Gasteiger partial charge in [-0.05, 0) is 51.0 Å². The smallest absolute Gasteiger partial charge is 0.309 e. The van der Waals surface area contributed by atoms with Crippen molar-refractivity contribution in [2.45, 2.75) is 26.7 Å². The molecule has 7 nitrogen and oxygen atoms in total. The third-order valence-electron chi connectivity index (χ3n) is 5.38. The molecule has 0 aliphatic carbocycles. The second-order valence-corrected chi connectivity index (χ2v) is 7.96. The van der Waals surface area contributed by atoms with Crippen molar-refractivity contribution >= 4 is 40.3 Å². The van der Waals surface area contributed by atoms with E-state index in [-0.39, 0.29) is 30.2 Å². The predicted octanol–water partition coefficient (Wildman–Crippen LogP) is 3.07. The molecule has 0 spiro atoms. The fraction of sp³-hybridized carbons (Fsp3) is 0.455. The number of piperidine rings is 1. The summed E-state index contributed by atoms with van der Waals surface area (Å²) in [6.45, 7) is 4.86. The Labute approximate surface area is 180 Å². The highest BCUT2D eigenvalue weighted by Crippen LogP contribution is 2.22. The molecule has 1 fully saturated rings. The van der Waals surface area contributed by atoms with Crippen molar-refractivity contribution in [1.82, 2.24) is 14.8 Å². The van der Waals surface area contributed by atoms with E-state index in [0.29, 0.717) is 48.8 Å². The van der Waals surface area contributed by atoms with Crippen LogP contribution in [0.5, 0.6) is 0 Å². The summed E-state index contributed by atoms with van der Waals surface area (Å²) in [4.78, 5) is 45.1. The molecule has 1 aliphatic rings. The molecule has 0 N–H and O–H groups in total. The number of nitrogens with zero attached hydrogens (tertiary/aromatic N) is 3. The number of amides is 2. The van der Waals surface area contributed by atoms with E-state index in [4.69, 9.17) is 16.3 Å². The summed E-state index contributed by atoms with van der Waals surface area (Å²) in [6, 6.07) is 7.09. The van der Waals surface area contributed by atoms with Gasteiger partial charge >= 0.3 is 5.97 Å². The Balaban J connectivity index is 1.63. The molecule has 2 heterocycles. The van der Waals surface area contributed by atoms with E-state index < -0.39 is 0 Å². The molecule has 2 amide bonds. The minimum absolute atomic E-state index is 0.0318. The molecule has 2 aromatic rings. The van der Waals surface area contributed by atoms with E-state index in [1.165, 1.54) is 4.90 Å². The summed E-state index contributed by atoms with van der Waals surface area (Å²) in [5.74, 6) is -0.762. The van der Waals surface area contributed by atoms with E-state index in [0.717, 1.165) is 10.9 Å². The second kappa shape index (κ2) is 9.43. The first-order valence-electron chi connectivity index (χ1n) is 10.1. The van der Waals surface area contributed by atoms with Crippen LogP contribution < -0.4 is 0 Å². The lowest BCUT2D eigenvalue weighted by Crippen LogP contribution is -2.45. The highest BCUT2D eigenvalue weighted by Gasteiger charge is 2.29. The maximum Gasteiger partial charge on any atom is 0.309 e. The van der Waals surface area contributed by atoms with E-state index in [9.17, 15) is 14.4 Å². The number of benzene rings is 1. The fourth-order valence-corrected chi connectivity index (χ4v) is 3.85. The molecule has 0 unspecified atom stereocenters. The van der Waals surface area contributed by atoms with Gasteiger partial charge in [0.2, 0.25) is 5.91 Å². The number of rotatable bonds is 5. The number of carbonyl (C=O) groups excluding carboxylic acids is 3. The zero-order valence-corrected chi connectivity index (χ0v) is 18.2. The summed E-state index contributed by atoms with van der Waals surface area (Å²) < 4.78 is 5.06. The molecule has 0 atom stereocenters. The Morgan fingerprint density at radius 1 is 1.23 bits per heavy atom. The zero-order valence-electron chi connectivity index (χ0n) is 17.5. The second-order valence-electron chi connectivity index (χ2n) is 7.53. The molecule has 0 bridgehead atoms. The third-order valence-corrected chi connectivity index (χ3v) is 5.62. The van der Waals surface area contributed by atoms with Gasteiger partial charge in [-0.25, -0.2) is 0 Å². The number of aromatic nitrogens is 1. The average molecular weight is 432 g/mol. The molecule has 0 saturated carbocycles. The van der Waals surface area contributed by atoms with Crippen molar-refractivity contribution in [3.63, 3.8) is 0 Å². The van der Waals surface area contributed by atoms with E-state index in [1.54, 1.807) is 44.0 Å². The van der Waals surface area contributed by atoms with Gasteiger partial charge in [-0.15, -0.1) is 0 Å². The van der Waals surface area contributed by atoms with Crippen LogP contribution in [0.25, 0.3) is 10.9 Å². The molecular formula is C22H26ClN3O4. The summed E-state index contributed by atoms with van der Waals surface area (Å²) >= 11 is 6.05. The highest BCUT2D eigenvalue weighted by molar-refractivity contribution is 6.31. The topological polar surface area (TPSA) is 79.8 Å². The third kappa shape index (κ3) is 4.90. The van der Waals surface area contributed by atoms with Gasteiger partial charge in [0.05, 0.1) is 35.8 Å². The number of hydrogen-bond donors (Lipinski definition) is 0. The van der Waals surface area contributed by atoms with Gasteiger partial charge in [-0.1, -0.05) is 11.6 Å². The standard InChI is InChI=1S/C22H26ClN3O4/c1-4-30-22(29)15-7-9-26(10-8-15)20(27)13-25(3)21(28)18-12-16-11-17(23)5-6-19(16)24-14(18)2/h5-6,11-12,15H,4,7-10,13H2,1-3H3.